The first-order valence-corrected chi connectivity index (χ1v) is 7.07. The van der Waals surface area contributed by atoms with Crippen LogP contribution in [0.3, 0.4) is 0 Å². The summed E-state index contributed by atoms with van der Waals surface area (Å²) in [5.41, 5.74) is -1.36. The molecular weight excluding hydrogens is 328 g/mol. The molecule has 2 rings (SSSR count). The van der Waals surface area contributed by atoms with E-state index >= 15 is 0 Å². The van der Waals surface area contributed by atoms with Crippen LogP contribution in [0, 0.1) is 5.82 Å². The summed E-state index contributed by atoms with van der Waals surface area (Å²) < 4.78 is 63.0. The Morgan fingerprint density at radius 3 is 2.38 bits per heavy atom. The molecule has 0 N–H and O–H groups in total. The SMILES string of the molecule is CCOC(=O)c1cc(F)cc(C(F)(F)F)c1OCc1ccccc1. The highest BCUT2D eigenvalue weighted by Gasteiger charge is 2.37. The molecule has 0 spiro atoms. The minimum atomic E-state index is -4.88. The standard InChI is InChI=1S/C17H14F4O3/c1-2-23-16(22)13-8-12(18)9-14(17(19,20)21)15(13)24-10-11-6-4-3-5-7-11/h3-9H,2,10H2,1H3. The lowest BCUT2D eigenvalue weighted by molar-refractivity contribution is -0.139. The third-order valence-electron chi connectivity index (χ3n) is 3.08. The van der Waals surface area contributed by atoms with Crippen LogP contribution in [0.2, 0.25) is 0 Å². The van der Waals surface area contributed by atoms with E-state index in [4.69, 9.17) is 9.47 Å². The van der Waals surface area contributed by atoms with E-state index in [9.17, 15) is 22.4 Å². The lowest BCUT2D eigenvalue weighted by Crippen LogP contribution is -2.15. The zero-order valence-electron chi connectivity index (χ0n) is 12.7. The van der Waals surface area contributed by atoms with Crippen molar-refractivity contribution in [2.75, 3.05) is 6.61 Å². The highest BCUT2D eigenvalue weighted by Crippen LogP contribution is 2.39. The summed E-state index contributed by atoms with van der Waals surface area (Å²) in [6, 6.07) is 9.41. The number of carbonyl (C=O) groups excluding carboxylic acids is 1. The summed E-state index contributed by atoms with van der Waals surface area (Å²) in [6.07, 6.45) is -4.88. The summed E-state index contributed by atoms with van der Waals surface area (Å²) in [7, 11) is 0. The van der Waals surface area contributed by atoms with Crippen molar-refractivity contribution < 1.29 is 31.8 Å². The van der Waals surface area contributed by atoms with Crippen molar-refractivity contribution >= 4 is 5.97 Å². The molecule has 0 atom stereocenters. The Labute approximate surface area is 135 Å². The van der Waals surface area contributed by atoms with Gasteiger partial charge in [-0.3, -0.25) is 0 Å². The lowest BCUT2D eigenvalue weighted by Gasteiger charge is -2.17. The summed E-state index contributed by atoms with van der Waals surface area (Å²) in [5, 5.41) is 0. The molecule has 0 unspecified atom stereocenters. The highest BCUT2D eigenvalue weighted by atomic mass is 19.4. The molecule has 7 heteroatoms. The van der Waals surface area contributed by atoms with E-state index in [1.807, 2.05) is 0 Å². The molecule has 0 saturated carbocycles. The fourth-order valence-electron chi connectivity index (χ4n) is 2.05. The second kappa shape index (κ2) is 7.33. The molecule has 24 heavy (non-hydrogen) atoms. The quantitative estimate of drug-likeness (QED) is 0.588. The molecular formula is C17H14F4O3. The van der Waals surface area contributed by atoms with Crippen LogP contribution < -0.4 is 4.74 Å². The van der Waals surface area contributed by atoms with Gasteiger partial charge in [0, 0.05) is 0 Å². The molecule has 2 aromatic carbocycles. The monoisotopic (exact) mass is 342 g/mol. The van der Waals surface area contributed by atoms with Gasteiger partial charge in [-0.2, -0.15) is 13.2 Å². The van der Waals surface area contributed by atoms with Gasteiger partial charge in [-0.05, 0) is 24.6 Å². The van der Waals surface area contributed by atoms with Gasteiger partial charge in [0.05, 0.1) is 6.61 Å². The van der Waals surface area contributed by atoms with Crippen LogP contribution in [0.5, 0.6) is 5.75 Å². The van der Waals surface area contributed by atoms with Gasteiger partial charge in [-0.15, -0.1) is 0 Å². The number of carbonyl (C=O) groups is 1. The van der Waals surface area contributed by atoms with Crippen LogP contribution in [0.4, 0.5) is 17.6 Å². The second-order valence-corrected chi connectivity index (χ2v) is 4.82. The minimum absolute atomic E-state index is 0.0607. The topological polar surface area (TPSA) is 35.5 Å². The Hall–Kier alpha value is -2.57. The number of hydrogen-bond donors (Lipinski definition) is 0. The molecule has 3 nitrogen and oxygen atoms in total. The first-order chi connectivity index (χ1) is 11.3. The summed E-state index contributed by atoms with van der Waals surface area (Å²) in [6.45, 7) is 1.23. The van der Waals surface area contributed by atoms with Crippen molar-refractivity contribution in [3.05, 3.63) is 65.0 Å². The van der Waals surface area contributed by atoms with Gasteiger partial charge in [0.1, 0.15) is 29.3 Å². The molecule has 0 amide bonds. The molecule has 0 aliphatic rings. The third kappa shape index (κ3) is 4.24. The normalized spacial score (nSPS) is 11.2. The fourth-order valence-corrected chi connectivity index (χ4v) is 2.05. The van der Waals surface area contributed by atoms with Crippen LogP contribution in [0.25, 0.3) is 0 Å². The van der Waals surface area contributed by atoms with Gasteiger partial charge in [0.25, 0.3) is 0 Å². The summed E-state index contributed by atoms with van der Waals surface area (Å²) >= 11 is 0. The minimum Gasteiger partial charge on any atom is -0.487 e. The van der Waals surface area contributed by atoms with E-state index in [0.717, 1.165) is 0 Å². The molecule has 0 fully saturated rings. The number of hydrogen-bond acceptors (Lipinski definition) is 3. The lowest BCUT2D eigenvalue weighted by atomic mass is 10.1. The zero-order valence-corrected chi connectivity index (χ0v) is 12.7. The van der Waals surface area contributed by atoms with Crippen LogP contribution >= 0.6 is 0 Å². The van der Waals surface area contributed by atoms with Crippen LogP contribution in [-0.2, 0) is 17.5 Å². The molecule has 0 radical (unpaired) electrons. The average Bonchev–Trinajstić information content (AvgIpc) is 2.53. The predicted octanol–water partition coefficient (Wildman–Crippen LogP) is 4.60. The molecule has 2 aromatic rings. The van der Waals surface area contributed by atoms with Gasteiger partial charge in [-0.25, -0.2) is 9.18 Å². The number of alkyl halides is 3. The predicted molar refractivity (Wildman–Crippen MR) is 78.1 cm³/mol. The summed E-state index contributed by atoms with van der Waals surface area (Å²) in [4.78, 5) is 11.9. The van der Waals surface area contributed by atoms with Crippen molar-refractivity contribution in [3.63, 3.8) is 0 Å². The zero-order chi connectivity index (χ0) is 17.7. The first-order valence-electron chi connectivity index (χ1n) is 7.07. The van der Waals surface area contributed by atoms with Crippen LogP contribution in [-0.4, -0.2) is 12.6 Å². The van der Waals surface area contributed by atoms with Crippen molar-refractivity contribution in [1.29, 1.82) is 0 Å². The van der Waals surface area contributed by atoms with E-state index in [0.29, 0.717) is 17.7 Å². The van der Waals surface area contributed by atoms with Crippen LogP contribution in [0.15, 0.2) is 42.5 Å². The van der Waals surface area contributed by atoms with Crippen molar-refractivity contribution in [2.45, 2.75) is 19.7 Å². The highest BCUT2D eigenvalue weighted by molar-refractivity contribution is 5.93. The summed E-state index contributed by atoms with van der Waals surface area (Å²) in [5.74, 6) is -3.02. The first kappa shape index (κ1) is 17.8. The van der Waals surface area contributed by atoms with Crippen LogP contribution in [0.1, 0.15) is 28.4 Å². The Bertz CT molecular complexity index is 712. The Kier molecular flexibility index (Phi) is 5.43. The average molecular weight is 342 g/mol. The molecule has 0 heterocycles. The third-order valence-corrected chi connectivity index (χ3v) is 3.08. The van der Waals surface area contributed by atoms with Gasteiger partial charge < -0.3 is 9.47 Å². The van der Waals surface area contributed by atoms with Crippen molar-refractivity contribution in [2.24, 2.45) is 0 Å². The van der Waals surface area contributed by atoms with E-state index < -0.39 is 34.8 Å². The molecule has 0 bridgehead atoms. The Morgan fingerprint density at radius 1 is 1.12 bits per heavy atom. The smallest absolute Gasteiger partial charge is 0.420 e. The second-order valence-electron chi connectivity index (χ2n) is 4.82. The van der Waals surface area contributed by atoms with Gasteiger partial charge in [0.15, 0.2) is 0 Å². The maximum atomic E-state index is 13.5. The van der Waals surface area contributed by atoms with E-state index in [-0.39, 0.29) is 13.2 Å². The maximum Gasteiger partial charge on any atom is 0.420 e. The van der Waals surface area contributed by atoms with Gasteiger partial charge >= 0.3 is 12.1 Å². The van der Waals surface area contributed by atoms with E-state index in [1.54, 1.807) is 30.3 Å². The number of esters is 1. The number of benzene rings is 2. The maximum absolute atomic E-state index is 13.5. The van der Waals surface area contributed by atoms with Crippen molar-refractivity contribution in [1.82, 2.24) is 0 Å². The number of halogens is 4. The molecule has 0 saturated heterocycles. The Balaban J connectivity index is 2.46. The van der Waals surface area contributed by atoms with E-state index in [1.165, 1.54) is 6.92 Å². The molecule has 0 aromatic heterocycles. The van der Waals surface area contributed by atoms with Gasteiger partial charge in [-0.1, -0.05) is 30.3 Å². The molecule has 0 aliphatic carbocycles. The van der Waals surface area contributed by atoms with Gasteiger partial charge in [0.2, 0.25) is 0 Å². The number of ether oxygens (including phenoxy) is 2. The van der Waals surface area contributed by atoms with E-state index in [2.05, 4.69) is 0 Å². The number of rotatable bonds is 5. The van der Waals surface area contributed by atoms with Crippen molar-refractivity contribution in [3.8, 4) is 5.75 Å². The largest absolute Gasteiger partial charge is 0.487 e. The molecule has 0 aliphatic heterocycles. The Morgan fingerprint density at radius 2 is 1.79 bits per heavy atom. The fraction of sp³-hybridized carbons (Fsp3) is 0.235. The molecule has 128 valence electrons.